The lowest BCUT2D eigenvalue weighted by molar-refractivity contribution is 0.536. The van der Waals surface area contributed by atoms with E-state index in [-0.39, 0.29) is 17.1 Å². The van der Waals surface area contributed by atoms with Gasteiger partial charge in [-0.15, -0.1) is 11.6 Å². The van der Waals surface area contributed by atoms with Crippen molar-refractivity contribution in [2.24, 2.45) is 5.92 Å². The van der Waals surface area contributed by atoms with Crippen molar-refractivity contribution >= 4 is 23.2 Å². The fraction of sp³-hybridized carbons (Fsp3) is 0.455. The molecule has 2 unspecified atom stereocenters. The zero-order chi connectivity index (χ0) is 10.7. The van der Waals surface area contributed by atoms with E-state index in [1.54, 1.807) is 12.1 Å². The van der Waals surface area contributed by atoms with Crippen LogP contribution in [-0.4, -0.2) is 5.38 Å². The van der Waals surface area contributed by atoms with Gasteiger partial charge in [-0.1, -0.05) is 24.6 Å². The summed E-state index contributed by atoms with van der Waals surface area (Å²) in [5.41, 5.74) is 0.675. The van der Waals surface area contributed by atoms with Crippen molar-refractivity contribution < 1.29 is 4.39 Å². The van der Waals surface area contributed by atoms with Crippen molar-refractivity contribution in [1.82, 2.24) is 0 Å². The zero-order valence-electron chi connectivity index (χ0n) is 8.23. The van der Waals surface area contributed by atoms with Gasteiger partial charge in [0.15, 0.2) is 0 Å². The Morgan fingerprint density at radius 1 is 1.36 bits per heavy atom. The van der Waals surface area contributed by atoms with Crippen molar-refractivity contribution in [3.05, 3.63) is 34.6 Å². The van der Waals surface area contributed by atoms with E-state index in [4.69, 9.17) is 23.2 Å². The highest BCUT2D eigenvalue weighted by Gasteiger charge is 2.12. The molecule has 0 saturated heterocycles. The first kappa shape index (κ1) is 11.8. The Morgan fingerprint density at radius 3 is 2.50 bits per heavy atom. The van der Waals surface area contributed by atoms with Gasteiger partial charge in [-0.25, -0.2) is 4.39 Å². The molecular weight excluding hydrogens is 222 g/mol. The third kappa shape index (κ3) is 3.14. The molecule has 1 rings (SSSR count). The van der Waals surface area contributed by atoms with E-state index in [1.165, 1.54) is 6.07 Å². The van der Waals surface area contributed by atoms with Crippen LogP contribution in [0.3, 0.4) is 0 Å². The molecule has 0 aliphatic rings. The summed E-state index contributed by atoms with van der Waals surface area (Å²) in [6, 6.07) is 4.75. The molecule has 0 amide bonds. The Hall–Kier alpha value is -0.270. The molecule has 0 spiro atoms. The van der Waals surface area contributed by atoms with Crippen LogP contribution in [-0.2, 0) is 6.42 Å². The lowest BCUT2D eigenvalue weighted by atomic mass is 9.98. The maximum Gasteiger partial charge on any atom is 0.127 e. The molecule has 1 aromatic carbocycles. The molecular formula is C11H13Cl2F. The first-order valence-corrected chi connectivity index (χ1v) is 5.40. The third-order valence-electron chi connectivity index (χ3n) is 2.34. The van der Waals surface area contributed by atoms with Crippen LogP contribution in [0.1, 0.15) is 19.4 Å². The van der Waals surface area contributed by atoms with Crippen molar-refractivity contribution in [2.45, 2.75) is 25.6 Å². The summed E-state index contributed by atoms with van der Waals surface area (Å²) >= 11 is 11.6. The van der Waals surface area contributed by atoms with Gasteiger partial charge in [-0.05, 0) is 37.0 Å². The van der Waals surface area contributed by atoms with E-state index in [1.807, 2.05) is 13.8 Å². The van der Waals surface area contributed by atoms with Gasteiger partial charge in [0.25, 0.3) is 0 Å². The summed E-state index contributed by atoms with van der Waals surface area (Å²) in [5, 5.41) is 0.475. The Morgan fingerprint density at radius 2 is 2.00 bits per heavy atom. The summed E-state index contributed by atoms with van der Waals surface area (Å²) in [4.78, 5) is 0. The normalized spacial score (nSPS) is 15.2. The molecule has 0 aliphatic carbocycles. The second kappa shape index (κ2) is 4.99. The standard InChI is InChI=1S/C11H13Cl2F/c1-7(8(2)12)5-9-3-4-10(13)6-11(9)14/h3-4,6-8H,5H2,1-2H3. The van der Waals surface area contributed by atoms with Gasteiger partial charge < -0.3 is 0 Å². The van der Waals surface area contributed by atoms with Crippen molar-refractivity contribution in [3.8, 4) is 0 Å². The number of hydrogen-bond acceptors (Lipinski definition) is 0. The van der Waals surface area contributed by atoms with E-state index >= 15 is 0 Å². The van der Waals surface area contributed by atoms with Crippen LogP contribution in [0.2, 0.25) is 5.02 Å². The van der Waals surface area contributed by atoms with E-state index in [0.717, 1.165) is 0 Å². The molecule has 14 heavy (non-hydrogen) atoms. The summed E-state index contributed by atoms with van der Waals surface area (Å²) in [6.45, 7) is 3.92. The molecule has 0 bridgehead atoms. The Bertz CT molecular complexity index is 310. The van der Waals surface area contributed by atoms with E-state index in [2.05, 4.69) is 0 Å². The number of alkyl halides is 1. The second-order valence-electron chi connectivity index (χ2n) is 3.59. The fourth-order valence-corrected chi connectivity index (χ4v) is 1.44. The number of rotatable bonds is 3. The molecule has 1 aromatic rings. The summed E-state index contributed by atoms with van der Waals surface area (Å²) in [7, 11) is 0. The van der Waals surface area contributed by atoms with E-state index < -0.39 is 0 Å². The smallest absolute Gasteiger partial charge is 0.127 e. The lowest BCUT2D eigenvalue weighted by Gasteiger charge is -2.14. The maximum absolute atomic E-state index is 13.3. The first-order valence-electron chi connectivity index (χ1n) is 4.58. The Balaban J connectivity index is 2.77. The van der Waals surface area contributed by atoms with Gasteiger partial charge in [0.05, 0.1) is 0 Å². The van der Waals surface area contributed by atoms with Crippen LogP contribution >= 0.6 is 23.2 Å². The van der Waals surface area contributed by atoms with Crippen LogP contribution in [0.15, 0.2) is 18.2 Å². The molecule has 78 valence electrons. The molecule has 0 radical (unpaired) electrons. The van der Waals surface area contributed by atoms with Gasteiger partial charge >= 0.3 is 0 Å². The molecule has 0 aromatic heterocycles. The van der Waals surface area contributed by atoms with Crippen LogP contribution in [0.5, 0.6) is 0 Å². The summed E-state index contributed by atoms with van der Waals surface area (Å²) in [6.07, 6.45) is 0.646. The quantitative estimate of drug-likeness (QED) is 0.685. The predicted molar refractivity (Wildman–Crippen MR) is 59.6 cm³/mol. The van der Waals surface area contributed by atoms with Crippen molar-refractivity contribution in [1.29, 1.82) is 0 Å². The molecule has 2 atom stereocenters. The lowest BCUT2D eigenvalue weighted by Crippen LogP contribution is -2.11. The van der Waals surface area contributed by atoms with Gasteiger partial charge in [0.1, 0.15) is 5.82 Å². The van der Waals surface area contributed by atoms with Crippen molar-refractivity contribution in [2.75, 3.05) is 0 Å². The second-order valence-corrected chi connectivity index (χ2v) is 4.72. The highest BCUT2D eigenvalue weighted by atomic mass is 35.5. The van der Waals surface area contributed by atoms with Crippen LogP contribution in [0, 0.1) is 11.7 Å². The highest BCUT2D eigenvalue weighted by Crippen LogP contribution is 2.20. The predicted octanol–water partition coefficient (Wildman–Crippen LogP) is 4.29. The molecule has 0 saturated carbocycles. The van der Waals surface area contributed by atoms with Gasteiger partial charge in [0.2, 0.25) is 0 Å². The average molecular weight is 235 g/mol. The molecule has 0 N–H and O–H groups in total. The average Bonchev–Trinajstić information content (AvgIpc) is 2.09. The maximum atomic E-state index is 13.3. The molecule has 0 aliphatic heterocycles. The molecule has 3 heteroatoms. The van der Waals surface area contributed by atoms with Crippen LogP contribution in [0.25, 0.3) is 0 Å². The largest absolute Gasteiger partial charge is 0.207 e. The molecule has 0 nitrogen and oxygen atoms in total. The van der Waals surface area contributed by atoms with Crippen LogP contribution < -0.4 is 0 Å². The molecule has 0 heterocycles. The van der Waals surface area contributed by atoms with Crippen LogP contribution in [0.4, 0.5) is 4.39 Å². The summed E-state index contributed by atoms with van der Waals surface area (Å²) in [5.74, 6) is 0.00834. The number of hydrogen-bond donors (Lipinski definition) is 0. The molecule has 0 fully saturated rings. The van der Waals surface area contributed by atoms with E-state index in [9.17, 15) is 4.39 Å². The van der Waals surface area contributed by atoms with Gasteiger partial charge in [-0.2, -0.15) is 0 Å². The Labute approximate surface area is 94.0 Å². The number of benzene rings is 1. The SMILES string of the molecule is CC(Cl)C(C)Cc1ccc(Cl)cc1F. The fourth-order valence-electron chi connectivity index (χ4n) is 1.20. The highest BCUT2D eigenvalue weighted by molar-refractivity contribution is 6.30. The minimum atomic E-state index is -0.248. The van der Waals surface area contributed by atoms with Crippen molar-refractivity contribution in [3.63, 3.8) is 0 Å². The Kier molecular flexibility index (Phi) is 4.21. The monoisotopic (exact) mass is 234 g/mol. The topological polar surface area (TPSA) is 0 Å². The zero-order valence-corrected chi connectivity index (χ0v) is 9.74. The number of halogens is 3. The summed E-state index contributed by atoms with van der Waals surface area (Å²) < 4.78 is 13.3. The minimum Gasteiger partial charge on any atom is -0.207 e. The van der Waals surface area contributed by atoms with Gasteiger partial charge in [-0.3, -0.25) is 0 Å². The third-order valence-corrected chi connectivity index (χ3v) is 3.01. The minimum absolute atomic E-state index is 0.0464. The van der Waals surface area contributed by atoms with Gasteiger partial charge in [0, 0.05) is 10.4 Å². The van der Waals surface area contributed by atoms with E-state index in [0.29, 0.717) is 17.0 Å². The first-order chi connectivity index (χ1) is 6.50.